The molecule has 7 heteroatoms. The van der Waals surface area contributed by atoms with Gasteiger partial charge in [0, 0.05) is 19.1 Å². The molecule has 110 valence electrons. The fourth-order valence-electron chi connectivity index (χ4n) is 2.99. The molecule has 2 aliphatic rings. The zero-order valence-electron chi connectivity index (χ0n) is 11.8. The van der Waals surface area contributed by atoms with Gasteiger partial charge in [-0.25, -0.2) is 0 Å². The van der Waals surface area contributed by atoms with Crippen molar-refractivity contribution in [3.05, 3.63) is 5.28 Å². The van der Waals surface area contributed by atoms with E-state index in [2.05, 4.69) is 24.8 Å². The molecule has 0 aliphatic carbocycles. The molecule has 2 saturated heterocycles. The van der Waals surface area contributed by atoms with E-state index in [1.807, 2.05) is 6.92 Å². The number of hydrogen-bond acceptors (Lipinski definition) is 6. The van der Waals surface area contributed by atoms with Gasteiger partial charge in [0.25, 0.3) is 0 Å². The number of anilines is 1. The van der Waals surface area contributed by atoms with E-state index in [0.717, 1.165) is 19.5 Å². The summed E-state index contributed by atoms with van der Waals surface area (Å²) < 4.78 is 5.33. The zero-order chi connectivity index (χ0) is 13.9. The Balaban J connectivity index is 1.70. The van der Waals surface area contributed by atoms with E-state index >= 15 is 0 Å². The lowest BCUT2D eigenvalue weighted by atomic mass is 10.2. The Morgan fingerprint density at radius 3 is 2.75 bits per heavy atom. The highest BCUT2D eigenvalue weighted by atomic mass is 35.5. The number of halogens is 1. The molecule has 0 aromatic carbocycles. The predicted octanol–water partition coefficient (Wildman–Crippen LogP) is 1.60. The molecule has 0 radical (unpaired) electrons. The van der Waals surface area contributed by atoms with Crippen LogP contribution in [0.5, 0.6) is 6.01 Å². The molecule has 0 spiro atoms. The van der Waals surface area contributed by atoms with Crippen LogP contribution >= 0.6 is 11.6 Å². The Labute approximate surface area is 124 Å². The first kappa shape index (κ1) is 13.8. The lowest BCUT2D eigenvalue weighted by Gasteiger charge is -2.23. The summed E-state index contributed by atoms with van der Waals surface area (Å²) in [4.78, 5) is 17.3. The Morgan fingerprint density at radius 1 is 1.20 bits per heavy atom. The summed E-state index contributed by atoms with van der Waals surface area (Å²) in [5.74, 6) is 0.634. The summed E-state index contributed by atoms with van der Waals surface area (Å²) in [6, 6.07) is 0.927. The van der Waals surface area contributed by atoms with Crippen molar-refractivity contribution < 1.29 is 4.74 Å². The van der Waals surface area contributed by atoms with Crippen molar-refractivity contribution >= 4 is 17.5 Å². The summed E-state index contributed by atoms with van der Waals surface area (Å²) in [5, 5.41) is 0.197. The fourth-order valence-corrected chi connectivity index (χ4v) is 3.13. The van der Waals surface area contributed by atoms with Crippen LogP contribution in [0.1, 0.15) is 26.2 Å². The largest absolute Gasteiger partial charge is 0.464 e. The van der Waals surface area contributed by atoms with Crippen LogP contribution in [0.3, 0.4) is 0 Å². The van der Waals surface area contributed by atoms with Gasteiger partial charge in [-0.2, -0.15) is 15.0 Å². The van der Waals surface area contributed by atoms with Crippen LogP contribution in [0.15, 0.2) is 0 Å². The first-order chi connectivity index (χ1) is 9.76. The average molecular weight is 298 g/mol. The third kappa shape index (κ3) is 2.96. The van der Waals surface area contributed by atoms with E-state index in [0.29, 0.717) is 24.6 Å². The Bertz CT molecular complexity index is 466. The molecule has 3 heterocycles. The second kappa shape index (κ2) is 6.10. The van der Waals surface area contributed by atoms with Crippen LogP contribution in [-0.4, -0.2) is 58.7 Å². The molecule has 0 N–H and O–H groups in total. The molecule has 2 fully saturated rings. The third-order valence-corrected chi connectivity index (χ3v) is 4.12. The highest BCUT2D eigenvalue weighted by molar-refractivity contribution is 6.28. The minimum atomic E-state index is 0.197. The molecule has 1 aromatic rings. The number of aromatic nitrogens is 3. The lowest BCUT2D eigenvalue weighted by Crippen LogP contribution is -2.35. The summed E-state index contributed by atoms with van der Waals surface area (Å²) in [6.45, 7) is 6.80. The molecule has 3 rings (SSSR count). The van der Waals surface area contributed by atoms with Crippen molar-refractivity contribution in [2.45, 2.75) is 32.2 Å². The maximum Gasteiger partial charge on any atom is 0.322 e. The molecule has 2 aliphatic heterocycles. The van der Waals surface area contributed by atoms with Gasteiger partial charge in [-0.1, -0.05) is 0 Å². The van der Waals surface area contributed by atoms with Crippen LogP contribution < -0.4 is 9.64 Å². The molecule has 1 atom stereocenters. The van der Waals surface area contributed by atoms with Crippen LogP contribution in [0.2, 0.25) is 5.28 Å². The van der Waals surface area contributed by atoms with Crippen molar-refractivity contribution in [1.82, 2.24) is 19.9 Å². The number of ether oxygens (including phenoxy) is 1. The first-order valence-corrected chi connectivity index (χ1v) is 7.67. The van der Waals surface area contributed by atoms with Crippen LogP contribution in [-0.2, 0) is 0 Å². The number of nitrogens with zero attached hydrogens (tertiary/aromatic N) is 5. The molecular weight excluding hydrogens is 278 g/mol. The zero-order valence-corrected chi connectivity index (χ0v) is 12.5. The molecule has 0 amide bonds. The number of likely N-dealkylation sites (tertiary alicyclic amines) is 1. The van der Waals surface area contributed by atoms with Gasteiger partial charge in [-0.3, -0.25) is 4.90 Å². The minimum Gasteiger partial charge on any atom is -0.464 e. The maximum absolute atomic E-state index is 5.95. The SMILES string of the molecule is CCOc1nc(Cl)nc(N2CCC(N3CCCC3)C2)n1. The Morgan fingerprint density at radius 2 is 2.00 bits per heavy atom. The van der Waals surface area contributed by atoms with E-state index < -0.39 is 0 Å². The average Bonchev–Trinajstić information content (AvgIpc) is 3.10. The quantitative estimate of drug-likeness (QED) is 0.841. The smallest absolute Gasteiger partial charge is 0.322 e. The summed E-state index contributed by atoms with van der Waals surface area (Å²) in [7, 11) is 0. The maximum atomic E-state index is 5.95. The van der Waals surface area contributed by atoms with Gasteiger partial charge in [0.05, 0.1) is 6.61 Å². The molecule has 0 bridgehead atoms. The van der Waals surface area contributed by atoms with Crippen LogP contribution in [0.25, 0.3) is 0 Å². The molecule has 20 heavy (non-hydrogen) atoms. The Hall–Kier alpha value is -1.14. The van der Waals surface area contributed by atoms with E-state index in [4.69, 9.17) is 16.3 Å². The highest BCUT2D eigenvalue weighted by Crippen LogP contribution is 2.24. The van der Waals surface area contributed by atoms with Gasteiger partial charge >= 0.3 is 6.01 Å². The number of hydrogen-bond donors (Lipinski definition) is 0. The topological polar surface area (TPSA) is 54.4 Å². The van der Waals surface area contributed by atoms with Crippen LogP contribution in [0, 0.1) is 0 Å². The van der Waals surface area contributed by atoms with Gasteiger partial charge in [-0.05, 0) is 50.9 Å². The predicted molar refractivity (Wildman–Crippen MR) is 77.4 cm³/mol. The van der Waals surface area contributed by atoms with Crippen molar-refractivity contribution in [1.29, 1.82) is 0 Å². The third-order valence-electron chi connectivity index (χ3n) is 3.95. The normalized spacial score (nSPS) is 23.5. The van der Waals surface area contributed by atoms with E-state index in [1.165, 1.54) is 25.9 Å². The van der Waals surface area contributed by atoms with Gasteiger partial charge in [-0.15, -0.1) is 0 Å². The molecule has 0 saturated carbocycles. The van der Waals surface area contributed by atoms with Gasteiger partial charge in [0.2, 0.25) is 11.2 Å². The lowest BCUT2D eigenvalue weighted by molar-refractivity contribution is 0.260. The minimum absolute atomic E-state index is 0.197. The molecule has 1 unspecified atom stereocenters. The highest BCUT2D eigenvalue weighted by Gasteiger charge is 2.30. The fraction of sp³-hybridized carbons (Fsp3) is 0.769. The second-order valence-electron chi connectivity index (χ2n) is 5.25. The number of rotatable bonds is 4. The standard InChI is InChI=1S/C13H20ClN5O/c1-2-20-13-16-11(14)15-12(17-13)19-8-5-10(9-19)18-6-3-4-7-18/h10H,2-9H2,1H3. The van der Waals surface area contributed by atoms with Gasteiger partial charge in [0.1, 0.15) is 0 Å². The molecule has 1 aromatic heterocycles. The summed E-state index contributed by atoms with van der Waals surface area (Å²) >= 11 is 5.95. The molecular formula is C13H20ClN5O. The monoisotopic (exact) mass is 297 g/mol. The van der Waals surface area contributed by atoms with Crippen molar-refractivity contribution in [2.75, 3.05) is 37.7 Å². The Kier molecular flexibility index (Phi) is 4.21. The summed E-state index contributed by atoms with van der Waals surface area (Å²) in [6.07, 6.45) is 3.80. The molecule has 6 nitrogen and oxygen atoms in total. The van der Waals surface area contributed by atoms with Crippen molar-refractivity contribution in [3.63, 3.8) is 0 Å². The van der Waals surface area contributed by atoms with Gasteiger partial charge < -0.3 is 9.64 Å². The van der Waals surface area contributed by atoms with E-state index in [1.54, 1.807) is 0 Å². The van der Waals surface area contributed by atoms with Crippen molar-refractivity contribution in [3.8, 4) is 6.01 Å². The first-order valence-electron chi connectivity index (χ1n) is 7.29. The van der Waals surface area contributed by atoms with Gasteiger partial charge in [0.15, 0.2) is 0 Å². The van der Waals surface area contributed by atoms with Crippen molar-refractivity contribution in [2.24, 2.45) is 0 Å². The van der Waals surface area contributed by atoms with Crippen LogP contribution in [0.4, 0.5) is 5.95 Å². The second-order valence-corrected chi connectivity index (χ2v) is 5.59. The van der Waals surface area contributed by atoms with E-state index in [-0.39, 0.29) is 5.28 Å². The summed E-state index contributed by atoms with van der Waals surface area (Å²) in [5.41, 5.74) is 0. The van der Waals surface area contributed by atoms with E-state index in [9.17, 15) is 0 Å².